The van der Waals surface area contributed by atoms with E-state index in [2.05, 4.69) is 166 Å². The first kappa shape index (κ1) is 33.0. The van der Waals surface area contributed by atoms with E-state index in [9.17, 15) is 0 Å². The van der Waals surface area contributed by atoms with Gasteiger partial charge in [-0.25, -0.2) is 0 Å². The minimum absolute atomic E-state index is 0.0630. The molecule has 10 rings (SSSR count). The number of furan rings is 2. The lowest BCUT2D eigenvalue weighted by molar-refractivity contribution is 0.589. The average Bonchev–Trinajstić information content (AvgIpc) is 3.83. The molecule has 0 bridgehead atoms. The molecule has 8 aromatic rings. The monoisotopic (exact) mass is 702 g/mol. The van der Waals surface area contributed by atoms with Crippen molar-refractivity contribution < 1.29 is 8.83 Å². The van der Waals surface area contributed by atoms with Crippen LogP contribution in [0.5, 0.6) is 0 Å². The first-order chi connectivity index (χ1) is 25.7. The Labute approximate surface area is 317 Å². The van der Waals surface area contributed by atoms with Crippen molar-refractivity contribution >= 4 is 43.9 Å². The molecule has 0 atom stereocenters. The highest BCUT2D eigenvalue weighted by molar-refractivity contribution is 6.11. The number of hydrogen-bond acceptors (Lipinski definition) is 2. The van der Waals surface area contributed by atoms with Gasteiger partial charge in [0.05, 0.1) is 0 Å². The van der Waals surface area contributed by atoms with Crippen LogP contribution in [0.4, 0.5) is 0 Å². The van der Waals surface area contributed by atoms with Gasteiger partial charge in [0.1, 0.15) is 22.7 Å². The van der Waals surface area contributed by atoms with Crippen molar-refractivity contribution in [2.45, 2.75) is 80.1 Å². The Morgan fingerprint density at radius 1 is 0.407 bits per heavy atom. The number of benzene rings is 6. The van der Waals surface area contributed by atoms with Crippen LogP contribution in [0.25, 0.3) is 66.5 Å². The summed E-state index contributed by atoms with van der Waals surface area (Å²) in [5.74, 6) is 1.93. The molecule has 0 saturated carbocycles. The summed E-state index contributed by atoms with van der Waals surface area (Å²) in [4.78, 5) is 0. The fraction of sp³-hybridized carbons (Fsp3) is 0.231. The van der Waals surface area contributed by atoms with E-state index in [-0.39, 0.29) is 10.8 Å². The minimum Gasteiger partial charge on any atom is -0.455 e. The summed E-state index contributed by atoms with van der Waals surface area (Å²) < 4.78 is 13.6. The van der Waals surface area contributed by atoms with Gasteiger partial charge in [-0.2, -0.15) is 0 Å². The molecule has 0 aliphatic heterocycles. The second-order valence-electron chi connectivity index (χ2n) is 18.0. The predicted octanol–water partition coefficient (Wildman–Crippen LogP) is 12.6. The van der Waals surface area contributed by atoms with Gasteiger partial charge in [-0.15, -0.1) is 0 Å². The standard InChI is InChI=1S/C52H46O2/c1-27-19-33(51(5,6)7)20-28(2)43(27)45-37-23-31-26-40-38(24-32(31)25-39(37)49-47(45)35-15-11-13-17-41(35)53-49)46(48-36-16-12-14-18-42(36)54-50(40)48)44-29(3)21-34(22-30(44)4)52(8,9)10/h11-26H,1-10H3. The van der Waals surface area contributed by atoms with Crippen LogP contribution in [-0.4, -0.2) is 0 Å². The van der Waals surface area contributed by atoms with Gasteiger partial charge < -0.3 is 8.83 Å². The van der Waals surface area contributed by atoms with E-state index in [1.807, 2.05) is 0 Å². The molecule has 2 heteroatoms. The van der Waals surface area contributed by atoms with Crippen molar-refractivity contribution in [3.05, 3.63) is 163 Å². The summed E-state index contributed by atoms with van der Waals surface area (Å²) >= 11 is 0. The van der Waals surface area contributed by atoms with E-state index < -0.39 is 0 Å². The summed E-state index contributed by atoms with van der Waals surface area (Å²) in [6.07, 6.45) is 0. The summed E-state index contributed by atoms with van der Waals surface area (Å²) in [7, 11) is 0. The molecule has 266 valence electrons. The number of hydrogen-bond donors (Lipinski definition) is 0. The maximum Gasteiger partial charge on any atom is 0.143 e. The predicted molar refractivity (Wildman–Crippen MR) is 226 cm³/mol. The highest BCUT2D eigenvalue weighted by Crippen LogP contribution is 2.48. The summed E-state index contributed by atoms with van der Waals surface area (Å²) in [6, 6.07) is 36.2. The summed E-state index contributed by atoms with van der Waals surface area (Å²) in [5, 5.41) is 7.18. The normalized spacial score (nSPS) is 13.7. The molecule has 0 spiro atoms. The zero-order chi connectivity index (χ0) is 37.6. The van der Waals surface area contributed by atoms with Crippen molar-refractivity contribution in [1.29, 1.82) is 0 Å². The Hall–Kier alpha value is -5.60. The molecule has 2 nitrogen and oxygen atoms in total. The summed E-state index contributed by atoms with van der Waals surface area (Å²) in [5.41, 5.74) is 19.7. The quantitative estimate of drug-likeness (QED) is 0.179. The van der Waals surface area contributed by atoms with Crippen LogP contribution in [0.2, 0.25) is 0 Å². The fourth-order valence-electron chi connectivity index (χ4n) is 9.48. The Kier molecular flexibility index (Phi) is 6.71. The van der Waals surface area contributed by atoms with Crippen LogP contribution in [0.3, 0.4) is 0 Å². The zero-order valence-electron chi connectivity index (χ0n) is 33.1. The molecule has 54 heavy (non-hydrogen) atoms. The van der Waals surface area contributed by atoms with Crippen molar-refractivity contribution in [2.24, 2.45) is 0 Å². The Morgan fingerprint density at radius 3 is 1.11 bits per heavy atom. The van der Waals surface area contributed by atoms with Gasteiger partial charge in [0, 0.05) is 44.2 Å². The largest absolute Gasteiger partial charge is 0.455 e. The third kappa shape index (κ3) is 4.59. The van der Waals surface area contributed by atoms with Gasteiger partial charge in [0.25, 0.3) is 0 Å². The Morgan fingerprint density at radius 2 is 0.759 bits per heavy atom. The maximum atomic E-state index is 6.79. The lowest BCUT2D eigenvalue weighted by Gasteiger charge is -2.23. The minimum atomic E-state index is 0.0630. The highest BCUT2D eigenvalue weighted by Gasteiger charge is 2.33. The highest BCUT2D eigenvalue weighted by atomic mass is 16.3. The first-order valence-electron chi connectivity index (χ1n) is 19.3. The molecule has 0 fully saturated rings. The molecule has 2 aliphatic rings. The second kappa shape index (κ2) is 11.0. The average molecular weight is 703 g/mol. The maximum absolute atomic E-state index is 6.79. The third-order valence-corrected chi connectivity index (χ3v) is 12.1. The smallest absolute Gasteiger partial charge is 0.143 e. The molecule has 0 unspecified atom stereocenters. The molecule has 0 amide bonds. The lowest BCUT2D eigenvalue weighted by atomic mass is 9.81. The zero-order valence-corrected chi connectivity index (χ0v) is 33.1. The molecular formula is C52H46O2. The van der Waals surface area contributed by atoms with Crippen molar-refractivity contribution in [2.75, 3.05) is 0 Å². The van der Waals surface area contributed by atoms with Crippen LogP contribution in [0, 0.1) is 27.7 Å². The first-order valence-corrected chi connectivity index (χ1v) is 19.3. The van der Waals surface area contributed by atoms with Gasteiger partial charge in [0.2, 0.25) is 0 Å². The number of fused-ring (bicyclic) bond motifs is 11. The Balaban J connectivity index is 1.32. The molecule has 6 aromatic carbocycles. The fourth-order valence-corrected chi connectivity index (χ4v) is 9.48. The molecule has 0 radical (unpaired) electrons. The van der Waals surface area contributed by atoms with Gasteiger partial charge in [0.15, 0.2) is 0 Å². The van der Waals surface area contributed by atoms with E-state index in [4.69, 9.17) is 8.83 Å². The van der Waals surface area contributed by atoms with Crippen LogP contribution < -0.4 is 10.4 Å². The second-order valence-corrected chi connectivity index (χ2v) is 18.0. The van der Waals surface area contributed by atoms with Gasteiger partial charge >= 0.3 is 0 Å². The number of aryl methyl sites for hydroxylation is 4. The molecular weight excluding hydrogens is 657 g/mol. The summed E-state index contributed by atoms with van der Waals surface area (Å²) in [6.45, 7) is 22.9. The van der Waals surface area contributed by atoms with Crippen molar-refractivity contribution in [3.8, 4) is 22.6 Å². The van der Waals surface area contributed by atoms with Crippen molar-refractivity contribution in [3.63, 3.8) is 0 Å². The molecule has 2 aromatic heterocycles. The molecule has 2 aliphatic carbocycles. The van der Waals surface area contributed by atoms with E-state index in [0.717, 1.165) is 44.6 Å². The van der Waals surface area contributed by atoms with Gasteiger partial charge in [-0.1, -0.05) is 102 Å². The van der Waals surface area contributed by atoms with Crippen LogP contribution in [0.15, 0.2) is 106 Å². The van der Waals surface area contributed by atoms with Crippen LogP contribution in [0.1, 0.15) is 97.2 Å². The lowest BCUT2D eigenvalue weighted by Crippen LogP contribution is -2.14. The van der Waals surface area contributed by atoms with E-state index in [0.29, 0.717) is 0 Å². The third-order valence-electron chi connectivity index (χ3n) is 12.1. The molecule has 2 heterocycles. The van der Waals surface area contributed by atoms with Crippen LogP contribution in [-0.2, 0) is 10.8 Å². The number of para-hydroxylation sites is 2. The van der Waals surface area contributed by atoms with Crippen LogP contribution >= 0.6 is 0 Å². The van der Waals surface area contributed by atoms with E-state index >= 15 is 0 Å². The topological polar surface area (TPSA) is 26.3 Å². The van der Waals surface area contributed by atoms with Crippen molar-refractivity contribution in [1.82, 2.24) is 0 Å². The van der Waals surface area contributed by atoms with Gasteiger partial charge in [-0.05, 0) is 141 Å². The molecule has 0 N–H and O–H groups in total. The van der Waals surface area contributed by atoms with E-state index in [1.54, 1.807) is 0 Å². The number of rotatable bonds is 2. The van der Waals surface area contributed by atoms with E-state index in [1.165, 1.54) is 88.0 Å². The Bertz CT molecular complexity index is 2830. The molecule has 0 saturated heterocycles. The van der Waals surface area contributed by atoms with Gasteiger partial charge in [-0.3, -0.25) is 0 Å². The SMILES string of the molecule is Cc1cc(C(C)(C)C)cc(C)c1C1=c2cc3cc4c(cc3cc2-c2oc3ccccc3c21)=C(c1c(C)cc(C(C)(C)C)cc1C)c1c-4oc2ccccc12.